The van der Waals surface area contributed by atoms with Crippen LogP contribution in [0.15, 0.2) is 28.9 Å². The number of pyridine rings is 1. The molecule has 1 aromatic carbocycles. The Morgan fingerprint density at radius 1 is 1.12 bits per heavy atom. The van der Waals surface area contributed by atoms with Crippen LogP contribution in [0.1, 0.15) is 0 Å². The maximum atomic E-state index is 13.3. The molecular formula is C11H4BrF3N. The van der Waals surface area contributed by atoms with Gasteiger partial charge in [-0.05, 0) is 12.1 Å². The van der Waals surface area contributed by atoms with Gasteiger partial charge in [-0.15, -0.1) is 0 Å². The number of benzene rings is 1. The number of hydrogen-bond acceptors (Lipinski definition) is 1. The molecule has 1 nitrogen and oxygen atoms in total. The van der Waals surface area contributed by atoms with Crippen molar-refractivity contribution >= 4 is 15.9 Å². The van der Waals surface area contributed by atoms with Gasteiger partial charge in [0, 0.05) is 22.2 Å². The summed E-state index contributed by atoms with van der Waals surface area (Å²) in [4.78, 5) is 3.58. The van der Waals surface area contributed by atoms with Gasteiger partial charge in [-0.2, -0.15) is 0 Å². The highest BCUT2D eigenvalue weighted by Gasteiger charge is 2.10. The fourth-order valence-electron chi connectivity index (χ4n) is 1.26. The topological polar surface area (TPSA) is 12.9 Å². The van der Waals surface area contributed by atoms with Crippen molar-refractivity contribution in [1.29, 1.82) is 0 Å². The van der Waals surface area contributed by atoms with Crippen LogP contribution in [-0.2, 0) is 0 Å². The number of halogens is 4. The molecule has 1 aromatic heterocycles. The third-order valence-corrected chi connectivity index (χ3v) is 2.31. The van der Waals surface area contributed by atoms with Crippen molar-refractivity contribution in [2.24, 2.45) is 0 Å². The second-order valence-corrected chi connectivity index (χ2v) is 3.90. The maximum Gasteiger partial charge on any atom is 0.152 e. The van der Waals surface area contributed by atoms with Crippen molar-refractivity contribution in [3.8, 4) is 11.3 Å². The summed E-state index contributed by atoms with van der Waals surface area (Å²) in [5.74, 6) is -2.25. The summed E-state index contributed by atoms with van der Waals surface area (Å²) in [5, 5.41) is 0. The molecule has 81 valence electrons. The fourth-order valence-corrected chi connectivity index (χ4v) is 1.70. The van der Waals surface area contributed by atoms with Crippen LogP contribution in [0.4, 0.5) is 13.2 Å². The number of hydrogen-bond donors (Lipinski definition) is 0. The van der Waals surface area contributed by atoms with Gasteiger partial charge in [-0.3, -0.25) is 4.98 Å². The van der Waals surface area contributed by atoms with E-state index in [9.17, 15) is 13.2 Å². The molecule has 0 amide bonds. The van der Waals surface area contributed by atoms with Gasteiger partial charge in [0.2, 0.25) is 0 Å². The van der Waals surface area contributed by atoms with Crippen molar-refractivity contribution < 1.29 is 13.2 Å². The molecule has 0 spiro atoms. The molecule has 1 radical (unpaired) electrons. The zero-order valence-electron chi connectivity index (χ0n) is 7.77. The molecule has 0 fully saturated rings. The molecule has 0 aliphatic carbocycles. The minimum absolute atomic E-state index is 0.102. The van der Waals surface area contributed by atoms with Crippen LogP contribution in [0.5, 0.6) is 0 Å². The summed E-state index contributed by atoms with van der Waals surface area (Å²) in [6.45, 7) is 0. The molecule has 0 N–H and O–H groups in total. The molecule has 0 bridgehead atoms. The van der Waals surface area contributed by atoms with E-state index in [2.05, 4.69) is 27.0 Å². The van der Waals surface area contributed by atoms with Gasteiger partial charge in [0.1, 0.15) is 17.3 Å². The summed E-state index contributed by atoms with van der Waals surface area (Å²) >= 11 is 3.03. The summed E-state index contributed by atoms with van der Waals surface area (Å²) < 4.78 is 39.3. The lowest BCUT2D eigenvalue weighted by Gasteiger charge is -2.03. The van der Waals surface area contributed by atoms with E-state index in [1.165, 1.54) is 6.07 Å². The zero-order valence-corrected chi connectivity index (χ0v) is 9.35. The van der Waals surface area contributed by atoms with E-state index < -0.39 is 17.5 Å². The number of rotatable bonds is 1. The van der Waals surface area contributed by atoms with Gasteiger partial charge >= 0.3 is 0 Å². The molecule has 0 atom stereocenters. The van der Waals surface area contributed by atoms with Crippen molar-refractivity contribution in [2.75, 3.05) is 0 Å². The van der Waals surface area contributed by atoms with Crippen LogP contribution in [-0.4, -0.2) is 4.98 Å². The lowest BCUT2D eigenvalue weighted by atomic mass is 10.1. The summed E-state index contributed by atoms with van der Waals surface area (Å²) in [6, 6.07) is 5.56. The Hall–Kier alpha value is -1.36. The lowest BCUT2D eigenvalue weighted by molar-refractivity contribution is 0.576. The van der Waals surface area contributed by atoms with Crippen LogP contribution in [0.2, 0.25) is 0 Å². The third kappa shape index (κ3) is 2.24. The molecule has 2 rings (SSSR count). The van der Waals surface area contributed by atoms with E-state index in [-0.39, 0.29) is 11.3 Å². The fraction of sp³-hybridized carbons (Fsp3) is 0. The molecule has 0 aliphatic heterocycles. The Kier molecular flexibility index (Phi) is 2.96. The van der Waals surface area contributed by atoms with Crippen LogP contribution >= 0.6 is 15.9 Å². The first-order chi connectivity index (χ1) is 7.56. The van der Waals surface area contributed by atoms with Gasteiger partial charge in [-0.1, -0.05) is 15.9 Å². The first-order valence-electron chi connectivity index (χ1n) is 4.26. The van der Waals surface area contributed by atoms with Crippen molar-refractivity contribution in [1.82, 2.24) is 4.98 Å². The molecule has 16 heavy (non-hydrogen) atoms. The Morgan fingerprint density at radius 2 is 1.88 bits per heavy atom. The van der Waals surface area contributed by atoms with E-state index in [1.807, 2.05) is 0 Å². The summed E-state index contributed by atoms with van der Waals surface area (Å²) in [5.41, 5.74) is 0.121. The number of aromatic nitrogens is 1. The van der Waals surface area contributed by atoms with Crippen molar-refractivity contribution in [2.45, 2.75) is 0 Å². The standard InChI is InChI=1S/C11H4BrF3N/c12-7-1-6(2-8(13)3-7)11-10(15)4-9(14)5-16-11/h1-2,4-5H. The Morgan fingerprint density at radius 3 is 2.50 bits per heavy atom. The highest BCUT2D eigenvalue weighted by molar-refractivity contribution is 9.10. The Labute approximate surface area is 98.1 Å². The van der Waals surface area contributed by atoms with Crippen LogP contribution in [0, 0.1) is 23.5 Å². The second-order valence-electron chi connectivity index (χ2n) is 3.05. The van der Waals surface area contributed by atoms with Crippen LogP contribution < -0.4 is 0 Å². The zero-order chi connectivity index (χ0) is 11.7. The van der Waals surface area contributed by atoms with Crippen LogP contribution in [0.3, 0.4) is 0 Å². The summed E-state index contributed by atoms with van der Waals surface area (Å²) in [6.07, 6.45) is 0.876. The van der Waals surface area contributed by atoms with Gasteiger partial charge in [-0.25, -0.2) is 13.2 Å². The van der Waals surface area contributed by atoms with E-state index in [0.717, 1.165) is 12.3 Å². The molecule has 5 heteroatoms. The largest absolute Gasteiger partial charge is 0.250 e. The third-order valence-electron chi connectivity index (χ3n) is 1.88. The molecule has 0 saturated heterocycles. The monoisotopic (exact) mass is 286 g/mol. The van der Waals surface area contributed by atoms with Crippen LogP contribution in [0.25, 0.3) is 11.3 Å². The van der Waals surface area contributed by atoms with Gasteiger partial charge in [0.25, 0.3) is 0 Å². The Balaban J connectivity index is 2.58. The molecule has 2 aromatic rings. The minimum atomic E-state index is -0.836. The van der Waals surface area contributed by atoms with Gasteiger partial charge in [0.05, 0.1) is 6.20 Å². The van der Waals surface area contributed by atoms with Gasteiger partial charge in [0.15, 0.2) is 5.82 Å². The predicted molar refractivity (Wildman–Crippen MR) is 56.1 cm³/mol. The summed E-state index contributed by atoms with van der Waals surface area (Å²) in [7, 11) is 0. The van der Waals surface area contributed by atoms with E-state index in [0.29, 0.717) is 10.5 Å². The maximum absolute atomic E-state index is 13.3. The second kappa shape index (κ2) is 4.25. The first kappa shape index (κ1) is 11.1. The van der Waals surface area contributed by atoms with E-state index >= 15 is 0 Å². The van der Waals surface area contributed by atoms with Crippen molar-refractivity contribution in [3.63, 3.8) is 0 Å². The first-order valence-corrected chi connectivity index (χ1v) is 5.05. The molecule has 0 saturated carbocycles. The smallest absolute Gasteiger partial charge is 0.152 e. The highest BCUT2D eigenvalue weighted by Crippen LogP contribution is 2.24. The molecule has 0 aliphatic rings. The predicted octanol–water partition coefficient (Wildman–Crippen LogP) is 3.73. The minimum Gasteiger partial charge on any atom is -0.250 e. The number of nitrogens with zero attached hydrogens (tertiary/aromatic N) is 1. The quantitative estimate of drug-likeness (QED) is 0.778. The average Bonchev–Trinajstić information content (AvgIpc) is 2.15. The molecule has 0 unspecified atom stereocenters. The Bertz CT molecular complexity index is 522. The van der Waals surface area contributed by atoms with Gasteiger partial charge < -0.3 is 0 Å². The molecule has 1 heterocycles. The van der Waals surface area contributed by atoms with Crippen molar-refractivity contribution in [3.05, 3.63) is 52.4 Å². The molecular weight excluding hydrogens is 283 g/mol. The van der Waals surface area contributed by atoms with E-state index in [4.69, 9.17) is 0 Å². The highest BCUT2D eigenvalue weighted by atomic mass is 79.9. The normalized spacial score (nSPS) is 10.5. The lowest BCUT2D eigenvalue weighted by Crippen LogP contribution is -1.92. The SMILES string of the molecule is Fc1[c]c(Br)cc(-c2ncc(F)cc2F)c1. The average molecular weight is 287 g/mol. The van der Waals surface area contributed by atoms with E-state index in [1.54, 1.807) is 0 Å².